The van der Waals surface area contributed by atoms with Gasteiger partial charge in [-0.05, 0) is 35.4 Å². The number of carbonyl (C=O) groups is 1. The first kappa shape index (κ1) is 17.4. The Kier molecular flexibility index (Phi) is 5.63. The summed E-state index contributed by atoms with van der Waals surface area (Å²) in [4.78, 5) is 13.1. The summed E-state index contributed by atoms with van der Waals surface area (Å²) in [5, 5.41) is 9.07. The van der Waals surface area contributed by atoms with Crippen LogP contribution in [0.1, 0.15) is 11.1 Å². The molecular weight excluding hydrogens is 325 g/mol. The van der Waals surface area contributed by atoms with Crippen molar-refractivity contribution in [3.8, 4) is 5.75 Å². The third kappa shape index (κ3) is 5.01. The zero-order chi connectivity index (χ0) is 17.6. The van der Waals surface area contributed by atoms with Crippen LogP contribution in [0.15, 0.2) is 48.5 Å². The van der Waals surface area contributed by atoms with Crippen LogP contribution < -0.4 is 4.74 Å². The molecule has 0 saturated carbocycles. The summed E-state index contributed by atoms with van der Waals surface area (Å²) in [6.07, 6.45) is -0.772. The zero-order valence-corrected chi connectivity index (χ0v) is 13.7. The fourth-order valence-electron chi connectivity index (χ4n) is 2.73. The van der Waals surface area contributed by atoms with E-state index in [1.54, 1.807) is 12.1 Å². The Morgan fingerprint density at radius 1 is 1.24 bits per heavy atom. The third-order valence-corrected chi connectivity index (χ3v) is 4.05. The molecule has 5 nitrogen and oxygen atoms in total. The second-order valence-electron chi connectivity index (χ2n) is 6.00. The second kappa shape index (κ2) is 8.09. The average molecular weight is 345 g/mol. The van der Waals surface area contributed by atoms with Crippen molar-refractivity contribution in [1.29, 1.82) is 0 Å². The van der Waals surface area contributed by atoms with Crippen molar-refractivity contribution in [1.82, 2.24) is 4.90 Å². The van der Waals surface area contributed by atoms with Crippen LogP contribution in [0.3, 0.4) is 0 Å². The summed E-state index contributed by atoms with van der Waals surface area (Å²) in [7, 11) is 0. The van der Waals surface area contributed by atoms with Gasteiger partial charge in [0.1, 0.15) is 18.2 Å². The predicted molar refractivity (Wildman–Crippen MR) is 89.8 cm³/mol. The molecule has 0 amide bonds. The molecule has 0 radical (unpaired) electrons. The molecule has 0 spiro atoms. The number of ether oxygens (including phenoxy) is 2. The van der Waals surface area contributed by atoms with E-state index in [9.17, 15) is 9.18 Å². The third-order valence-electron chi connectivity index (χ3n) is 4.05. The Labute approximate surface area is 145 Å². The fourth-order valence-corrected chi connectivity index (χ4v) is 2.73. The van der Waals surface area contributed by atoms with Crippen molar-refractivity contribution in [2.24, 2.45) is 0 Å². The lowest BCUT2D eigenvalue weighted by molar-refractivity contribution is -0.156. The van der Waals surface area contributed by atoms with Crippen molar-refractivity contribution in [2.75, 3.05) is 19.7 Å². The van der Waals surface area contributed by atoms with Gasteiger partial charge in [0.2, 0.25) is 0 Å². The quantitative estimate of drug-likeness (QED) is 0.872. The van der Waals surface area contributed by atoms with Crippen LogP contribution in [-0.2, 0) is 22.7 Å². The van der Waals surface area contributed by atoms with Crippen LogP contribution in [0.25, 0.3) is 0 Å². The predicted octanol–water partition coefficient (Wildman–Crippen LogP) is 2.69. The SMILES string of the molecule is O=C(O)C1CN(Cc2cccc(OCc3ccc(F)cc3)c2)CCO1. The number of halogens is 1. The molecule has 25 heavy (non-hydrogen) atoms. The Morgan fingerprint density at radius 3 is 2.80 bits per heavy atom. The molecule has 2 aromatic rings. The molecule has 0 aliphatic carbocycles. The second-order valence-corrected chi connectivity index (χ2v) is 6.00. The molecule has 0 bridgehead atoms. The molecular formula is C19H20FNO4. The Bertz CT molecular complexity index is 720. The number of rotatable bonds is 6. The summed E-state index contributed by atoms with van der Waals surface area (Å²) < 4.78 is 23.9. The van der Waals surface area contributed by atoms with Crippen molar-refractivity contribution >= 4 is 5.97 Å². The molecule has 132 valence electrons. The largest absolute Gasteiger partial charge is 0.489 e. The van der Waals surface area contributed by atoms with E-state index in [1.807, 2.05) is 24.3 Å². The van der Waals surface area contributed by atoms with E-state index < -0.39 is 12.1 Å². The molecule has 1 unspecified atom stereocenters. The molecule has 1 saturated heterocycles. The number of carboxylic acids is 1. The fraction of sp³-hybridized carbons (Fsp3) is 0.316. The smallest absolute Gasteiger partial charge is 0.334 e. The lowest BCUT2D eigenvalue weighted by Gasteiger charge is -2.30. The molecule has 1 heterocycles. The number of benzene rings is 2. The molecule has 1 aliphatic rings. The molecule has 1 aliphatic heterocycles. The average Bonchev–Trinajstić information content (AvgIpc) is 2.62. The van der Waals surface area contributed by atoms with Gasteiger partial charge in [-0.2, -0.15) is 0 Å². The van der Waals surface area contributed by atoms with Crippen molar-refractivity contribution in [3.63, 3.8) is 0 Å². The van der Waals surface area contributed by atoms with E-state index in [1.165, 1.54) is 12.1 Å². The van der Waals surface area contributed by atoms with Gasteiger partial charge in [0.15, 0.2) is 6.10 Å². The van der Waals surface area contributed by atoms with E-state index in [2.05, 4.69) is 4.90 Å². The number of carboxylic acid groups (broad SMARTS) is 1. The van der Waals surface area contributed by atoms with E-state index in [0.717, 1.165) is 16.9 Å². The van der Waals surface area contributed by atoms with Gasteiger partial charge in [0, 0.05) is 19.6 Å². The van der Waals surface area contributed by atoms with Gasteiger partial charge in [0.05, 0.1) is 6.61 Å². The number of nitrogens with zero attached hydrogens (tertiary/aromatic N) is 1. The maximum atomic E-state index is 12.9. The Hall–Kier alpha value is -2.44. The Balaban J connectivity index is 1.57. The molecule has 1 atom stereocenters. The highest BCUT2D eigenvalue weighted by molar-refractivity contribution is 5.72. The van der Waals surface area contributed by atoms with Crippen molar-refractivity contribution in [2.45, 2.75) is 19.3 Å². The maximum absolute atomic E-state index is 12.9. The standard InChI is InChI=1S/C19H20FNO4/c20-16-6-4-14(5-7-16)13-25-17-3-1-2-15(10-17)11-21-8-9-24-18(12-21)19(22)23/h1-7,10,18H,8-9,11-13H2,(H,22,23). The highest BCUT2D eigenvalue weighted by Crippen LogP contribution is 2.18. The van der Waals surface area contributed by atoms with Crippen LogP contribution in [0, 0.1) is 5.82 Å². The minimum Gasteiger partial charge on any atom is -0.489 e. The molecule has 3 rings (SSSR count). The number of morpholine rings is 1. The van der Waals surface area contributed by atoms with Gasteiger partial charge in [-0.3, -0.25) is 4.90 Å². The van der Waals surface area contributed by atoms with Gasteiger partial charge in [-0.15, -0.1) is 0 Å². The lowest BCUT2D eigenvalue weighted by atomic mass is 10.1. The van der Waals surface area contributed by atoms with Crippen molar-refractivity contribution < 1.29 is 23.8 Å². The first-order chi connectivity index (χ1) is 12.1. The minimum absolute atomic E-state index is 0.268. The van der Waals surface area contributed by atoms with E-state index >= 15 is 0 Å². The van der Waals surface area contributed by atoms with E-state index in [-0.39, 0.29) is 5.82 Å². The van der Waals surface area contributed by atoms with Crippen LogP contribution >= 0.6 is 0 Å². The van der Waals surface area contributed by atoms with Gasteiger partial charge in [-0.1, -0.05) is 24.3 Å². The minimum atomic E-state index is -0.930. The number of hydrogen-bond donors (Lipinski definition) is 1. The lowest BCUT2D eigenvalue weighted by Crippen LogP contribution is -2.45. The first-order valence-electron chi connectivity index (χ1n) is 8.13. The normalized spacial score (nSPS) is 18.0. The van der Waals surface area contributed by atoms with E-state index in [0.29, 0.717) is 32.8 Å². The number of aliphatic carboxylic acids is 1. The summed E-state index contributed by atoms with van der Waals surface area (Å²) in [5.41, 5.74) is 1.94. The van der Waals surface area contributed by atoms with Gasteiger partial charge in [-0.25, -0.2) is 9.18 Å². The van der Waals surface area contributed by atoms with Gasteiger partial charge >= 0.3 is 5.97 Å². The molecule has 1 N–H and O–H groups in total. The topological polar surface area (TPSA) is 59.0 Å². The monoisotopic (exact) mass is 345 g/mol. The van der Waals surface area contributed by atoms with Crippen molar-refractivity contribution in [3.05, 3.63) is 65.5 Å². The van der Waals surface area contributed by atoms with Crippen LogP contribution in [0.5, 0.6) is 5.75 Å². The maximum Gasteiger partial charge on any atom is 0.334 e. The highest BCUT2D eigenvalue weighted by atomic mass is 19.1. The van der Waals surface area contributed by atoms with Crippen LogP contribution in [-0.4, -0.2) is 41.8 Å². The summed E-state index contributed by atoms with van der Waals surface area (Å²) in [6.45, 7) is 2.49. The highest BCUT2D eigenvalue weighted by Gasteiger charge is 2.26. The molecule has 6 heteroatoms. The van der Waals surface area contributed by atoms with Gasteiger partial charge < -0.3 is 14.6 Å². The van der Waals surface area contributed by atoms with Crippen LogP contribution in [0.2, 0.25) is 0 Å². The summed E-state index contributed by atoms with van der Waals surface area (Å²) in [5.74, 6) is -0.470. The molecule has 0 aromatic heterocycles. The summed E-state index contributed by atoms with van der Waals surface area (Å²) in [6, 6.07) is 13.9. The molecule has 2 aromatic carbocycles. The number of hydrogen-bond acceptors (Lipinski definition) is 4. The van der Waals surface area contributed by atoms with Gasteiger partial charge in [0.25, 0.3) is 0 Å². The summed E-state index contributed by atoms with van der Waals surface area (Å²) >= 11 is 0. The first-order valence-corrected chi connectivity index (χ1v) is 8.13. The zero-order valence-electron chi connectivity index (χ0n) is 13.7. The Morgan fingerprint density at radius 2 is 2.04 bits per heavy atom. The van der Waals surface area contributed by atoms with E-state index in [4.69, 9.17) is 14.6 Å². The van der Waals surface area contributed by atoms with Crippen LogP contribution in [0.4, 0.5) is 4.39 Å². The molecule has 1 fully saturated rings.